The SMILES string of the molecule is OC1CCCCC1Nc1ccccc1SC(F)F. The molecule has 18 heavy (non-hydrogen) atoms. The number of alkyl halides is 2. The molecule has 2 rings (SSSR count). The van der Waals surface area contributed by atoms with Crippen LogP contribution in [0.3, 0.4) is 0 Å². The van der Waals surface area contributed by atoms with Crippen molar-refractivity contribution in [2.24, 2.45) is 0 Å². The zero-order valence-electron chi connectivity index (χ0n) is 9.98. The molecule has 0 amide bonds. The summed E-state index contributed by atoms with van der Waals surface area (Å²) in [5.41, 5.74) is 0.689. The highest BCUT2D eigenvalue weighted by Crippen LogP contribution is 2.33. The first-order valence-corrected chi connectivity index (χ1v) is 7.03. The Balaban J connectivity index is 2.07. The average Bonchev–Trinajstić information content (AvgIpc) is 2.34. The van der Waals surface area contributed by atoms with E-state index in [-0.39, 0.29) is 12.1 Å². The quantitative estimate of drug-likeness (QED) is 0.820. The van der Waals surface area contributed by atoms with Crippen molar-refractivity contribution in [3.05, 3.63) is 24.3 Å². The summed E-state index contributed by atoms with van der Waals surface area (Å²) in [6.45, 7) is 0. The summed E-state index contributed by atoms with van der Waals surface area (Å²) in [6.07, 6.45) is 3.38. The summed E-state index contributed by atoms with van der Waals surface area (Å²) in [4.78, 5) is 0.533. The lowest BCUT2D eigenvalue weighted by Crippen LogP contribution is -2.36. The Morgan fingerprint density at radius 3 is 2.67 bits per heavy atom. The molecule has 1 saturated carbocycles. The van der Waals surface area contributed by atoms with E-state index >= 15 is 0 Å². The molecular formula is C13H17F2NOS. The van der Waals surface area contributed by atoms with Crippen LogP contribution in [0, 0.1) is 0 Å². The molecular weight excluding hydrogens is 256 g/mol. The van der Waals surface area contributed by atoms with E-state index in [1.54, 1.807) is 18.2 Å². The molecule has 2 nitrogen and oxygen atoms in total. The Kier molecular flexibility index (Phi) is 4.83. The van der Waals surface area contributed by atoms with Gasteiger partial charge in [-0.1, -0.05) is 36.7 Å². The topological polar surface area (TPSA) is 32.3 Å². The molecule has 2 unspecified atom stereocenters. The number of nitrogens with one attached hydrogen (secondary N) is 1. The fraction of sp³-hybridized carbons (Fsp3) is 0.538. The van der Waals surface area contributed by atoms with E-state index in [0.29, 0.717) is 22.3 Å². The number of anilines is 1. The van der Waals surface area contributed by atoms with Crippen LogP contribution in [0.25, 0.3) is 0 Å². The number of thioether (sulfide) groups is 1. The number of rotatable bonds is 4. The summed E-state index contributed by atoms with van der Waals surface area (Å²) < 4.78 is 24.9. The molecule has 0 aliphatic heterocycles. The smallest absolute Gasteiger partial charge is 0.288 e. The fourth-order valence-electron chi connectivity index (χ4n) is 2.26. The van der Waals surface area contributed by atoms with Crippen LogP contribution < -0.4 is 5.32 Å². The predicted octanol–water partition coefficient (Wildman–Crippen LogP) is 3.72. The minimum absolute atomic E-state index is 0.0295. The van der Waals surface area contributed by atoms with Gasteiger partial charge in [0.05, 0.1) is 12.1 Å². The fourth-order valence-corrected chi connectivity index (χ4v) is 2.87. The molecule has 0 radical (unpaired) electrons. The number of hydrogen-bond donors (Lipinski definition) is 2. The van der Waals surface area contributed by atoms with Gasteiger partial charge < -0.3 is 10.4 Å². The third kappa shape index (κ3) is 3.59. The third-order valence-corrected chi connectivity index (χ3v) is 3.96. The zero-order chi connectivity index (χ0) is 13.0. The normalized spacial score (nSPS) is 24.2. The van der Waals surface area contributed by atoms with Crippen molar-refractivity contribution in [2.45, 2.75) is 48.5 Å². The Labute approximate surface area is 110 Å². The van der Waals surface area contributed by atoms with Crippen molar-refractivity contribution in [3.63, 3.8) is 0 Å². The van der Waals surface area contributed by atoms with Crippen molar-refractivity contribution < 1.29 is 13.9 Å². The highest BCUT2D eigenvalue weighted by atomic mass is 32.2. The van der Waals surface area contributed by atoms with Crippen molar-refractivity contribution in [3.8, 4) is 0 Å². The molecule has 0 heterocycles. The van der Waals surface area contributed by atoms with E-state index in [0.717, 1.165) is 25.7 Å². The monoisotopic (exact) mass is 273 g/mol. The van der Waals surface area contributed by atoms with Crippen LogP contribution >= 0.6 is 11.8 Å². The lowest BCUT2D eigenvalue weighted by atomic mass is 9.92. The maximum atomic E-state index is 12.4. The van der Waals surface area contributed by atoms with Crippen LogP contribution in [0.15, 0.2) is 29.2 Å². The van der Waals surface area contributed by atoms with E-state index in [2.05, 4.69) is 5.32 Å². The highest BCUT2D eigenvalue weighted by molar-refractivity contribution is 7.99. The third-order valence-electron chi connectivity index (χ3n) is 3.17. The van der Waals surface area contributed by atoms with Gasteiger partial charge in [0.2, 0.25) is 0 Å². The molecule has 1 aliphatic carbocycles. The second-order valence-electron chi connectivity index (χ2n) is 4.48. The molecule has 0 saturated heterocycles. The van der Waals surface area contributed by atoms with Crippen LogP contribution in [0.1, 0.15) is 25.7 Å². The Morgan fingerprint density at radius 2 is 1.94 bits per heavy atom. The van der Waals surface area contributed by atoms with Crippen LogP contribution in [-0.4, -0.2) is 23.0 Å². The Hall–Kier alpha value is -0.810. The first kappa shape index (κ1) is 13.6. The largest absolute Gasteiger partial charge is 0.391 e. The summed E-state index contributed by atoms with van der Waals surface area (Å²) in [5, 5.41) is 13.1. The molecule has 1 aromatic rings. The minimum atomic E-state index is -2.43. The first-order valence-electron chi connectivity index (χ1n) is 6.15. The van der Waals surface area contributed by atoms with E-state index in [1.807, 2.05) is 6.07 Å². The van der Waals surface area contributed by atoms with E-state index in [1.165, 1.54) is 0 Å². The van der Waals surface area contributed by atoms with E-state index in [4.69, 9.17) is 0 Å². The molecule has 100 valence electrons. The van der Waals surface area contributed by atoms with Gasteiger partial charge in [-0.15, -0.1) is 0 Å². The second kappa shape index (κ2) is 6.38. The van der Waals surface area contributed by atoms with Gasteiger partial charge >= 0.3 is 0 Å². The first-order chi connectivity index (χ1) is 8.66. The average molecular weight is 273 g/mol. The molecule has 1 aromatic carbocycles. The lowest BCUT2D eigenvalue weighted by Gasteiger charge is -2.29. The number of aliphatic hydroxyl groups is 1. The molecule has 2 atom stereocenters. The lowest BCUT2D eigenvalue weighted by molar-refractivity contribution is 0.116. The Bertz CT molecular complexity index is 389. The Morgan fingerprint density at radius 1 is 1.22 bits per heavy atom. The maximum Gasteiger partial charge on any atom is 0.288 e. The summed E-state index contributed by atoms with van der Waals surface area (Å²) >= 11 is 0.537. The van der Waals surface area contributed by atoms with Crippen molar-refractivity contribution in [1.82, 2.24) is 0 Å². The van der Waals surface area contributed by atoms with E-state index < -0.39 is 5.76 Å². The maximum absolute atomic E-state index is 12.4. The van der Waals surface area contributed by atoms with Crippen molar-refractivity contribution >= 4 is 17.4 Å². The second-order valence-corrected chi connectivity index (χ2v) is 5.51. The van der Waals surface area contributed by atoms with Crippen LogP contribution in [-0.2, 0) is 0 Å². The minimum Gasteiger partial charge on any atom is -0.391 e. The van der Waals surface area contributed by atoms with Gasteiger partial charge in [0.25, 0.3) is 5.76 Å². The highest BCUT2D eigenvalue weighted by Gasteiger charge is 2.23. The molecule has 2 N–H and O–H groups in total. The van der Waals surface area contributed by atoms with Crippen LogP contribution in [0.5, 0.6) is 0 Å². The van der Waals surface area contributed by atoms with Gasteiger partial charge in [-0.25, -0.2) is 0 Å². The van der Waals surface area contributed by atoms with Gasteiger partial charge in [-0.05, 0) is 25.0 Å². The molecule has 1 fully saturated rings. The molecule has 5 heteroatoms. The van der Waals surface area contributed by atoms with Crippen LogP contribution in [0.4, 0.5) is 14.5 Å². The van der Waals surface area contributed by atoms with Crippen molar-refractivity contribution in [2.75, 3.05) is 5.32 Å². The zero-order valence-corrected chi connectivity index (χ0v) is 10.8. The summed E-state index contributed by atoms with van der Waals surface area (Å²) in [7, 11) is 0. The molecule has 0 spiro atoms. The van der Waals surface area contributed by atoms with Gasteiger partial charge in [0.15, 0.2) is 0 Å². The van der Waals surface area contributed by atoms with Crippen molar-refractivity contribution in [1.29, 1.82) is 0 Å². The van der Waals surface area contributed by atoms with E-state index in [9.17, 15) is 13.9 Å². The van der Waals surface area contributed by atoms with Crippen LogP contribution in [0.2, 0.25) is 0 Å². The number of halogens is 2. The van der Waals surface area contributed by atoms with Gasteiger partial charge in [0, 0.05) is 10.6 Å². The summed E-state index contributed by atoms with van der Waals surface area (Å²) in [6, 6.07) is 6.99. The van der Waals surface area contributed by atoms with Gasteiger partial charge in [0.1, 0.15) is 0 Å². The number of hydrogen-bond acceptors (Lipinski definition) is 3. The molecule has 1 aliphatic rings. The molecule has 0 bridgehead atoms. The standard InChI is InChI=1S/C13H17F2NOS/c14-13(15)18-12-8-4-2-6-10(12)16-9-5-1-3-7-11(9)17/h2,4,6,8-9,11,13,16-17H,1,3,5,7H2. The summed E-state index contributed by atoms with van der Waals surface area (Å²) in [5.74, 6) is -2.43. The van der Waals surface area contributed by atoms with Gasteiger partial charge in [-0.3, -0.25) is 0 Å². The predicted molar refractivity (Wildman–Crippen MR) is 70.2 cm³/mol. The van der Waals surface area contributed by atoms with Gasteiger partial charge in [-0.2, -0.15) is 8.78 Å². The number of aliphatic hydroxyl groups excluding tert-OH is 1. The number of benzene rings is 1. The molecule has 0 aromatic heterocycles. The number of para-hydroxylation sites is 1.